The average Bonchev–Trinajstić information content (AvgIpc) is 2.53. The first-order valence-corrected chi connectivity index (χ1v) is 5.76. The second-order valence-corrected chi connectivity index (χ2v) is 3.78. The summed E-state index contributed by atoms with van der Waals surface area (Å²) in [6.07, 6.45) is 2.99. The predicted molar refractivity (Wildman–Crippen MR) is 70.1 cm³/mol. The number of nitrogens with zero attached hydrogens (tertiary/aromatic N) is 2. The zero-order valence-electron chi connectivity index (χ0n) is 11.0. The molecule has 6 heteroatoms. The Kier molecular flexibility index (Phi) is 4.05. The maximum absolute atomic E-state index is 12.0. The van der Waals surface area contributed by atoms with Gasteiger partial charge in [0, 0.05) is 12.4 Å². The molecule has 0 aliphatic carbocycles. The van der Waals surface area contributed by atoms with E-state index < -0.39 is 11.9 Å². The van der Waals surface area contributed by atoms with Gasteiger partial charge in [-0.1, -0.05) is 6.07 Å². The van der Waals surface area contributed by atoms with E-state index in [9.17, 15) is 9.59 Å². The molecule has 2 heterocycles. The van der Waals surface area contributed by atoms with Crippen LogP contribution in [0.3, 0.4) is 0 Å². The van der Waals surface area contributed by atoms with Crippen LogP contribution in [0.2, 0.25) is 0 Å². The summed E-state index contributed by atoms with van der Waals surface area (Å²) in [4.78, 5) is 32.0. The molecule has 102 valence electrons. The van der Waals surface area contributed by atoms with Crippen LogP contribution in [0.25, 0.3) is 11.4 Å². The van der Waals surface area contributed by atoms with Gasteiger partial charge in [-0.3, -0.25) is 9.97 Å². The van der Waals surface area contributed by atoms with Gasteiger partial charge in [0.2, 0.25) is 0 Å². The molecular weight excluding hydrogens is 260 g/mol. The van der Waals surface area contributed by atoms with Crippen molar-refractivity contribution in [1.29, 1.82) is 0 Å². The molecule has 20 heavy (non-hydrogen) atoms. The summed E-state index contributed by atoms with van der Waals surface area (Å²) in [7, 11) is 2.48. The number of hydrogen-bond acceptors (Lipinski definition) is 6. The summed E-state index contributed by atoms with van der Waals surface area (Å²) in [5.74, 6) is -1.30. The number of pyridine rings is 2. The zero-order valence-corrected chi connectivity index (χ0v) is 11.0. The minimum atomic E-state index is -0.667. The van der Waals surface area contributed by atoms with E-state index >= 15 is 0 Å². The Morgan fingerprint density at radius 1 is 0.950 bits per heavy atom. The van der Waals surface area contributed by atoms with Crippen LogP contribution in [0.4, 0.5) is 0 Å². The molecule has 2 aromatic rings. The molecule has 0 radical (unpaired) electrons. The predicted octanol–water partition coefficient (Wildman–Crippen LogP) is 1.72. The molecule has 2 rings (SSSR count). The van der Waals surface area contributed by atoms with Crippen molar-refractivity contribution in [3.8, 4) is 11.4 Å². The van der Waals surface area contributed by atoms with Crippen LogP contribution in [-0.2, 0) is 9.47 Å². The van der Waals surface area contributed by atoms with Gasteiger partial charge in [-0.05, 0) is 18.2 Å². The van der Waals surface area contributed by atoms with Gasteiger partial charge in [0.1, 0.15) is 11.3 Å². The van der Waals surface area contributed by atoms with Gasteiger partial charge < -0.3 is 9.47 Å². The largest absolute Gasteiger partial charge is 0.465 e. The number of carbonyl (C=O) groups is 2. The van der Waals surface area contributed by atoms with E-state index in [0.717, 1.165) is 0 Å². The fourth-order valence-corrected chi connectivity index (χ4v) is 1.75. The molecule has 0 spiro atoms. The third kappa shape index (κ3) is 2.49. The van der Waals surface area contributed by atoms with E-state index in [2.05, 4.69) is 14.7 Å². The Balaban J connectivity index is 2.69. The van der Waals surface area contributed by atoms with Crippen LogP contribution in [0.15, 0.2) is 36.7 Å². The van der Waals surface area contributed by atoms with Gasteiger partial charge in [0.25, 0.3) is 0 Å². The van der Waals surface area contributed by atoms with Crippen LogP contribution < -0.4 is 0 Å². The van der Waals surface area contributed by atoms with Crippen LogP contribution in [0, 0.1) is 0 Å². The van der Waals surface area contributed by atoms with Crippen molar-refractivity contribution in [1.82, 2.24) is 9.97 Å². The van der Waals surface area contributed by atoms with Gasteiger partial charge in [-0.15, -0.1) is 0 Å². The molecule has 0 bridgehead atoms. The van der Waals surface area contributed by atoms with E-state index in [-0.39, 0.29) is 16.8 Å². The summed E-state index contributed by atoms with van der Waals surface area (Å²) in [6.45, 7) is 0. The highest BCUT2D eigenvalue weighted by atomic mass is 16.5. The summed E-state index contributed by atoms with van der Waals surface area (Å²) < 4.78 is 9.39. The first-order chi connectivity index (χ1) is 9.69. The Morgan fingerprint density at radius 2 is 1.70 bits per heavy atom. The number of carbonyl (C=O) groups excluding carboxylic acids is 2. The van der Waals surface area contributed by atoms with E-state index in [4.69, 9.17) is 4.74 Å². The number of esters is 2. The molecular formula is C14H12N2O4. The molecule has 6 nitrogen and oxygen atoms in total. The third-order valence-electron chi connectivity index (χ3n) is 2.65. The first kappa shape index (κ1) is 13.7. The smallest absolute Gasteiger partial charge is 0.341 e. The van der Waals surface area contributed by atoms with Crippen molar-refractivity contribution >= 4 is 11.9 Å². The Hall–Kier alpha value is -2.76. The SMILES string of the molecule is COC(=O)c1ccnc(-c2ccccn2)c1C(=O)OC. The maximum Gasteiger partial charge on any atom is 0.341 e. The maximum atomic E-state index is 12.0. The van der Waals surface area contributed by atoms with Crippen molar-refractivity contribution < 1.29 is 19.1 Å². The van der Waals surface area contributed by atoms with Gasteiger partial charge >= 0.3 is 11.9 Å². The zero-order chi connectivity index (χ0) is 14.5. The average molecular weight is 272 g/mol. The molecule has 0 aliphatic rings. The number of aromatic nitrogens is 2. The lowest BCUT2D eigenvalue weighted by atomic mass is 10.0. The highest BCUT2D eigenvalue weighted by molar-refractivity contribution is 6.06. The van der Waals surface area contributed by atoms with Crippen LogP contribution in [0.1, 0.15) is 20.7 Å². The highest BCUT2D eigenvalue weighted by Gasteiger charge is 2.24. The molecule has 0 atom stereocenters. The molecule has 0 amide bonds. The number of rotatable bonds is 3. The Bertz CT molecular complexity index is 641. The van der Waals surface area contributed by atoms with Crippen LogP contribution in [0.5, 0.6) is 0 Å². The summed E-state index contributed by atoms with van der Waals surface area (Å²) in [5.41, 5.74) is 0.884. The second-order valence-electron chi connectivity index (χ2n) is 3.78. The highest BCUT2D eigenvalue weighted by Crippen LogP contribution is 2.23. The summed E-state index contributed by atoms with van der Waals surface area (Å²) in [6, 6.07) is 6.60. The second kappa shape index (κ2) is 5.92. The molecule has 2 aromatic heterocycles. The Labute approximate surface area is 115 Å². The van der Waals surface area contributed by atoms with E-state index in [1.165, 1.54) is 26.5 Å². The van der Waals surface area contributed by atoms with Gasteiger partial charge in [-0.2, -0.15) is 0 Å². The quantitative estimate of drug-likeness (QED) is 0.791. The van der Waals surface area contributed by atoms with Crippen LogP contribution in [-0.4, -0.2) is 36.1 Å². The first-order valence-electron chi connectivity index (χ1n) is 5.76. The standard InChI is InChI=1S/C14H12N2O4/c1-19-13(17)9-6-8-16-12(11(9)14(18)20-2)10-5-3-4-7-15-10/h3-8H,1-2H3. The van der Waals surface area contributed by atoms with Gasteiger partial charge in [0.15, 0.2) is 0 Å². The molecule has 0 N–H and O–H groups in total. The molecule has 0 aliphatic heterocycles. The van der Waals surface area contributed by atoms with Gasteiger partial charge in [0.05, 0.1) is 25.5 Å². The lowest BCUT2D eigenvalue weighted by Gasteiger charge is -2.10. The number of hydrogen-bond donors (Lipinski definition) is 0. The lowest BCUT2D eigenvalue weighted by Crippen LogP contribution is -2.14. The number of ether oxygens (including phenoxy) is 2. The molecule has 0 fully saturated rings. The fraction of sp³-hybridized carbons (Fsp3) is 0.143. The van der Waals surface area contributed by atoms with Crippen molar-refractivity contribution in [3.63, 3.8) is 0 Å². The van der Waals surface area contributed by atoms with Crippen molar-refractivity contribution in [2.75, 3.05) is 14.2 Å². The third-order valence-corrected chi connectivity index (χ3v) is 2.65. The molecule has 0 unspecified atom stereocenters. The monoisotopic (exact) mass is 272 g/mol. The molecule has 0 aromatic carbocycles. The normalized spacial score (nSPS) is 9.90. The van der Waals surface area contributed by atoms with Gasteiger partial charge in [-0.25, -0.2) is 9.59 Å². The summed E-state index contributed by atoms with van der Waals surface area (Å²) in [5, 5.41) is 0. The van der Waals surface area contributed by atoms with Crippen molar-refractivity contribution in [2.45, 2.75) is 0 Å². The minimum absolute atomic E-state index is 0.0422. The molecule has 0 saturated carbocycles. The van der Waals surface area contributed by atoms with E-state index in [1.54, 1.807) is 24.4 Å². The topological polar surface area (TPSA) is 78.4 Å². The fourth-order valence-electron chi connectivity index (χ4n) is 1.75. The van der Waals surface area contributed by atoms with E-state index in [1.807, 2.05) is 0 Å². The Morgan fingerprint density at radius 3 is 2.30 bits per heavy atom. The van der Waals surface area contributed by atoms with Crippen LogP contribution >= 0.6 is 0 Å². The van der Waals surface area contributed by atoms with E-state index in [0.29, 0.717) is 5.69 Å². The number of methoxy groups -OCH3 is 2. The van der Waals surface area contributed by atoms with Crippen molar-refractivity contribution in [2.24, 2.45) is 0 Å². The molecule has 0 saturated heterocycles. The lowest BCUT2D eigenvalue weighted by molar-refractivity contribution is 0.0555. The van der Waals surface area contributed by atoms with Crippen molar-refractivity contribution in [3.05, 3.63) is 47.8 Å². The minimum Gasteiger partial charge on any atom is -0.465 e. The summed E-state index contributed by atoms with van der Waals surface area (Å²) >= 11 is 0.